The maximum atomic E-state index is 12.8. The van der Waals surface area contributed by atoms with Crippen LogP contribution in [0.25, 0.3) is 11.3 Å². The molecule has 25 heavy (non-hydrogen) atoms. The highest BCUT2D eigenvalue weighted by Gasteiger charge is 2.22. The van der Waals surface area contributed by atoms with E-state index in [4.69, 9.17) is 0 Å². The van der Waals surface area contributed by atoms with Crippen LogP contribution in [0.5, 0.6) is 0 Å². The second-order valence-electron chi connectivity index (χ2n) is 6.28. The van der Waals surface area contributed by atoms with Crippen molar-refractivity contribution in [3.05, 3.63) is 71.9 Å². The van der Waals surface area contributed by atoms with Crippen LogP contribution >= 0.6 is 0 Å². The van der Waals surface area contributed by atoms with Crippen molar-refractivity contribution in [2.45, 2.75) is 12.3 Å². The van der Waals surface area contributed by atoms with Crippen molar-refractivity contribution in [3.63, 3.8) is 0 Å². The number of carbonyl (C=O) groups excluding carboxylic acids is 1. The number of hydrogen-bond acceptors (Lipinski definition) is 3. The van der Waals surface area contributed by atoms with Crippen LogP contribution < -0.4 is 10.6 Å². The minimum absolute atomic E-state index is 0.0585. The molecular formula is C20H20N4O. The van der Waals surface area contributed by atoms with Crippen molar-refractivity contribution in [2.75, 3.05) is 18.4 Å². The number of carbonyl (C=O) groups is 1. The molecular weight excluding hydrogens is 312 g/mol. The van der Waals surface area contributed by atoms with Gasteiger partial charge in [-0.1, -0.05) is 30.3 Å². The Labute approximate surface area is 146 Å². The van der Waals surface area contributed by atoms with E-state index in [2.05, 4.69) is 26.9 Å². The molecule has 0 saturated carbocycles. The number of rotatable bonds is 4. The fourth-order valence-corrected chi connectivity index (χ4v) is 3.33. The highest BCUT2D eigenvalue weighted by Crippen LogP contribution is 2.26. The van der Waals surface area contributed by atoms with Gasteiger partial charge in [-0.05, 0) is 54.3 Å². The largest absolute Gasteiger partial charge is 0.322 e. The van der Waals surface area contributed by atoms with E-state index in [0.717, 1.165) is 47.6 Å². The van der Waals surface area contributed by atoms with Crippen molar-refractivity contribution in [1.29, 1.82) is 0 Å². The molecule has 0 bridgehead atoms. The van der Waals surface area contributed by atoms with Gasteiger partial charge in [0.05, 0.1) is 5.69 Å². The average Bonchev–Trinajstić information content (AvgIpc) is 3.36. The Bertz CT molecular complexity index is 850. The molecule has 0 radical (unpaired) electrons. The molecule has 0 spiro atoms. The number of H-pyrrole nitrogens is 1. The fraction of sp³-hybridized carbons (Fsp3) is 0.200. The van der Waals surface area contributed by atoms with Crippen molar-refractivity contribution < 1.29 is 4.79 Å². The number of nitrogens with zero attached hydrogens (tertiary/aromatic N) is 1. The van der Waals surface area contributed by atoms with Crippen LogP contribution in [0, 0.1) is 0 Å². The molecule has 1 aliphatic rings. The molecule has 1 atom stereocenters. The summed E-state index contributed by atoms with van der Waals surface area (Å²) >= 11 is 0. The lowest BCUT2D eigenvalue weighted by Crippen LogP contribution is -2.17. The number of aromatic amines is 1. The van der Waals surface area contributed by atoms with Gasteiger partial charge in [0.25, 0.3) is 5.91 Å². The molecule has 1 aliphatic heterocycles. The van der Waals surface area contributed by atoms with Crippen molar-refractivity contribution in [1.82, 2.24) is 15.5 Å². The van der Waals surface area contributed by atoms with Crippen LogP contribution in [0.4, 0.5) is 5.69 Å². The third-order valence-corrected chi connectivity index (χ3v) is 4.66. The zero-order valence-electron chi connectivity index (χ0n) is 13.8. The van der Waals surface area contributed by atoms with E-state index in [-0.39, 0.29) is 5.91 Å². The summed E-state index contributed by atoms with van der Waals surface area (Å²) in [5.74, 6) is 0.349. The maximum absolute atomic E-state index is 12.8. The second kappa shape index (κ2) is 6.91. The Balaban J connectivity index is 1.52. The van der Waals surface area contributed by atoms with Gasteiger partial charge < -0.3 is 10.6 Å². The van der Waals surface area contributed by atoms with Gasteiger partial charge in [-0.25, -0.2) is 0 Å². The molecule has 5 heteroatoms. The van der Waals surface area contributed by atoms with E-state index in [1.54, 1.807) is 6.20 Å². The highest BCUT2D eigenvalue weighted by molar-refractivity contribution is 6.05. The summed E-state index contributed by atoms with van der Waals surface area (Å²) < 4.78 is 0. The third-order valence-electron chi connectivity index (χ3n) is 4.66. The number of benzene rings is 2. The predicted octanol–water partition coefficient (Wildman–Crippen LogP) is 3.41. The molecule has 2 aromatic carbocycles. The minimum Gasteiger partial charge on any atom is -0.322 e. The Morgan fingerprint density at radius 2 is 1.92 bits per heavy atom. The molecule has 0 aliphatic carbocycles. The van der Waals surface area contributed by atoms with Crippen molar-refractivity contribution in [2.24, 2.45) is 0 Å². The summed E-state index contributed by atoms with van der Waals surface area (Å²) in [5, 5.41) is 13.3. The molecule has 1 aromatic heterocycles. The molecule has 3 N–H and O–H groups in total. The molecule has 1 saturated heterocycles. The van der Waals surface area contributed by atoms with Crippen molar-refractivity contribution in [3.8, 4) is 11.3 Å². The third kappa shape index (κ3) is 3.32. The monoisotopic (exact) mass is 332 g/mol. The summed E-state index contributed by atoms with van der Waals surface area (Å²) in [6.45, 7) is 1.94. The molecule has 3 aromatic rings. The van der Waals surface area contributed by atoms with Crippen LogP contribution in [0.1, 0.15) is 28.3 Å². The smallest absolute Gasteiger partial charge is 0.255 e. The lowest BCUT2D eigenvalue weighted by atomic mass is 9.93. The van der Waals surface area contributed by atoms with Crippen LogP contribution in [-0.2, 0) is 0 Å². The number of hydrogen-bond donors (Lipinski definition) is 3. The van der Waals surface area contributed by atoms with Gasteiger partial charge in [0, 0.05) is 24.0 Å². The first kappa shape index (κ1) is 15.6. The number of aromatic nitrogens is 2. The van der Waals surface area contributed by atoms with Gasteiger partial charge in [-0.2, -0.15) is 5.10 Å². The number of nitrogens with one attached hydrogen (secondary N) is 3. The summed E-state index contributed by atoms with van der Waals surface area (Å²) in [7, 11) is 0. The first-order chi connectivity index (χ1) is 12.3. The lowest BCUT2D eigenvalue weighted by Gasteiger charge is -2.14. The maximum Gasteiger partial charge on any atom is 0.255 e. The summed E-state index contributed by atoms with van der Waals surface area (Å²) in [6.07, 6.45) is 2.79. The zero-order chi connectivity index (χ0) is 17.1. The van der Waals surface area contributed by atoms with Crippen LogP contribution in [0.15, 0.2) is 60.8 Å². The summed E-state index contributed by atoms with van der Waals surface area (Å²) in [4.78, 5) is 12.8. The van der Waals surface area contributed by atoms with Gasteiger partial charge >= 0.3 is 0 Å². The quantitative estimate of drug-likeness (QED) is 0.686. The topological polar surface area (TPSA) is 69.8 Å². The molecule has 0 unspecified atom stereocenters. The molecule has 1 amide bonds. The molecule has 5 nitrogen and oxygen atoms in total. The van der Waals surface area contributed by atoms with E-state index in [1.165, 1.54) is 0 Å². The predicted molar refractivity (Wildman–Crippen MR) is 98.6 cm³/mol. The minimum atomic E-state index is -0.0585. The first-order valence-electron chi connectivity index (χ1n) is 8.52. The summed E-state index contributed by atoms with van der Waals surface area (Å²) in [6, 6.07) is 17.6. The number of anilines is 1. The van der Waals surface area contributed by atoms with Crippen LogP contribution in [0.2, 0.25) is 0 Å². The molecule has 126 valence electrons. The molecule has 4 rings (SSSR count). The van der Waals surface area contributed by atoms with E-state index >= 15 is 0 Å². The van der Waals surface area contributed by atoms with Crippen molar-refractivity contribution >= 4 is 11.6 Å². The normalized spacial score (nSPS) is 16.7. The SMILES string of the molecule is O=C(Nc1ccc(-c2ccn[nH]2)cc1)c1ccccc1[C@@H]1CCNC1. The van der Waals surface area contributed by atoms with Gasteiger partial charge in [0.2, 0.25) is 0 Å². The molecule has 2 heterocycles. The number of amides is 1. The average molecular weight is 332 g/mol. The van der Waals surface area contributed by atoms with Crippen LogP contribution in [0.3, 0.4) is 0 Å². The Kier molecular flexibility index (Phi) is 4.31. The Hall–Kier alpha value is -2.92. The van der Waals surface area contributed by atoms with E-state index in [9.17, 15) is 4.79 Å². The first-order valence-corrected chi connectivity index (χ1v) is 8.52. The second-order valence-corrected chi connectivity index (χ2v) is 6.28. The Morgan fingerprint density at radius 3 is 2.64 bits per heavy atom. The van der Waals surface area contributed by atoms with E-state index in [0.29, 0.717) is 5.92 Å². The summed E-state index contributed by atoms with van der Waals surface area (Å²) in [5.41, 5.74) is 4.66. The fourth-order valence-electron chi connectivity index (χ4n) is 3.33. The van der Waals surface area contributed by atoms with Gasteiger partial charge in [-0.15, -0.1) is 0 Å². The Morgan fingerprint density at radius 1 is 1.08 bits per heavy atom. The van der Waals surface area contributed by atoms with Crippen LogP contribution in [-0.4, -0.2) is 29.2 Å². The zero-order valence-corrected chi connectivity index (χ0v) is 13.8. The van der Waals surface area contributed by atoms with Gasteiger partial charge in [0.1, 0.15) is 0 Å². The van der Waals surface area contributed by atoms with E-state index < -0.39 is 0 Å². The van der Waals surface area contributed by atoms with Gasteiger partial charge in [-0.3, -0.25) is 9.89 Å². The van der Waals surface area contributed by atoms with E-state index in [1.807, 2.05) is 48.5 Å². The molecule has 1 fully saturated rings. The lowest BCUT2D eigenvalue weighted by molar-refractivity contribution is 0.102. The highest BCUT2D eigenvalue weighted by atomic mass is 16.1. The standard InChI is InChI=1S/C20H20N4O/c25-20(18-4-2-1-3-17(18)15-9-11-21-13-15)23-16-7-5-14(6-8-16)19-10-12-22-24-19/h1-8,10,12,15,21H,9,11,13H2,(H,22,24)(H,23,25)/t15-/m1/s1. The van der Waals surface area contributed by atoms with Gasteiger partial charge in [0.15, 0.2) is 0 Å².